The van der Waals surface area contributed by atoms with E-state index in [9.17, 15) is 4.79 Å². The molecule has 0 aliphatic rings. The van der Waals surface area contributed by atoms with Crippen LogP contribution in [0.3, 0.4) is 0 Å². The van der Waals surface area contributed by atoms with Gasteiger partial charge in [0.2, 0.25) is 0 Å². The minimum atomic E-state index is -0.0920. The molecular formula is C10H11BrClNO. The average Bonchev–Trinajstić information content (AvgIpc) is 2.18. The molecule has 0 heterocycles. The minimum absolute atomic E-state index is 0.00665. The maximum Gasteiger partial charge on any atom is 0.251 e. The highest BCUT2D eigenvalue weighted by Crippen LogP contribution is 2.10. The lowest BCUT2D eigenvalue weighted by atomic mass is 10.2. The quantitative estimate of drug-likeness (QED) is 0.845. The Morgan fingerprint density at radius 1 is 1.50 bits per heavy atom. The van der Waals surface area contributed by atoms with E-state index in [1.807, 2.05) is 19.1 Å². The summed E-state index contributed by atoms with van der Waals surface area (Å²) in [5.74, 6) is 0.327. The van der Waals surface area contributed by atoms with E-state index in [4.69, 9.17) is 11.6 Å². The summed E-state index contributed by atoms with van der Waals surface area (Å²) in [4.78, 5) is 11.5. The number of rotatable bonds is 3. The minimum Gasteiger partial charge on any atom is -0.348 e. The van der Waals surface area contributed by atoms with Crippen LogP contribution in [-0.2, 0) is 0 Å². The topological polar surface area (TPSA) is 29.1 Å². The smallest absolute Gasteiger partial charge is 0.251 e. The number of amides is 1. The summed E-state index contributed by atoms with van der Waals surface area (Å²) in [6.45, 7) is 1.86. The molecule has 0 spiro atoms. The molecule has 76 valence electrons. The predicted octanol–water partition coefficient (Wildman–Crippen LogP) is 2.81. The van der Waals surface area contributed by atoms with Crippen LogP contribution in [0.2, 0.25) is 0 Å². The third kappa shape index (κ3) is 3.31. The molecule has 1 N–H and O–H groups in total. The highest BCUT2D eigenvalue weighted by molar-refractivity contribution is 9.10. The normalized spacial score (nSPS) is 12.2. The Balaban J connectivity index is 2.65. The molecule has 1 amide bonds. The van der Waals surface area contributed by atoms with Crippen LogP contribution in [0.5, 0.6) is 0 Å². The molecule has 1 atom stereocenters. The Hall–Kier alpha value is -0.540. The number of hydrogen-bond donors (Lipinski definition) is 1. The fourth-order valence-electron chi connectivity index (χ4n) is 0.947. The van der Waals surface area contributed by atoms with E-state index in [2.05, 4.69) is 21.2 Å². The standard InChI is InChI=1S/C10H11BrClNO/c1-7(6-12)13-10(14)8-2-4-9(11)5-3-8/h2-5,7H,6H2,1H3,(H,13,14). The van der Waals surface area contributed by atoms with Gasteiger partial charge in [-0.25, -0.2) is 0 Å². The number of carbonyl (C=O) groups excluding carboxylic acids is 1. The van der Waals surface area contributed by atoms with Gasteiger partial charge >= 0.3 is 0 Å². The van der Waals surface area contributed by atoms with Crippen molar-refractivity contribution in [1.29, 1.82) is 0 Å². The largest absolute Gasteiger partial charge is 0.348 e. The highest BCUT2D eigenvalue weighted by Gasteiger charge is 2.07. The Morgan fingerprint density at radius 2 is 2.07 bits per heavy atom. The van der Waals surface area contributed by atoms with Crippen LogP contribution < -0.4 is 5.32 Å². The summed E-state index contributed by atoms with van der Waals surface area (Å²) < 4.78 is 0.958. The van der Waals surface area contributed by atoms with Crippen molar-refractivity contribution < 1.29 is 4.79 Å². The fourth-order valence-corrected chi connectivity index (χ4v) is 1.29. The first kappa shape index (κ1) is 11.5. The van der Waals surface area contributed by atoms with E-state index in [0.717, 1.165) is 4.47 Å². The van der Waals surface area contributed by atoms with Crippen LogP contribution in [0.15, 0.2) is 28.7 Å². The second-order valence-electron chi connectivity index (χ2n) is 3.04. The Morgan fingerprint density at radius 3 is 2.57 bits per heavy atom. The van der Waals surface area contributed by atoms with Crippen LogP contribution in [0.25, 0.3) is 0 Å². The maximum absolute atomic E-state index is 11.5. The first-order chi connectivity index (χ1) is 6.63. The van der Waals surface area contributed by atoms with Gasteiger partial charge in [0.1, 0.15) is 0 Å². The Kier molecular flexibility index (Phi) is 4.42. The molecule has 0 saturated carbocycles. The highest BCUT2D eigenvalue weighted by atomic mass is 79.9. The van der Waals surface area contributed by atoms with Gasteiger partial charge in [0.15, 0.2) is 0 Å². The van der Waals surface area contributed by atoms with Gasteiger partial charge in [-0.1, -0.05) is 15.9 Å². The molecule has 1 unspecified atom stereocenters. The molecule has 4 heteroatoms. The van der Waals surface area contributed by atoms with E-state index >= 15 is 0 Å². The molecule has 1 aromatic carbocycles. The number of nitrogens with one attached hydrogen (secondary N) is 1. The van der Waals surface area contributed by atoms with Gasteiger partial charge in [0.25, 0.3) is 5.91 Å². The zero-order valence-electron chi connectivity index (χ0n) is 7.76. The lowest BCUT2D eigenvalue weighted by Crippen LogP contribution is -2.33. The molecule has 0 radical (unpaired) electrons. The molecule has 0 saturated heterocycles. The summed E-state index contributed by atoms with van der Waals surface area (Å²) in [7, 11) is 0. The molecule has 0 aromatic heterocycles. The third-order valence-corrected chi connectivity index (χ3v) is 2.71. The van der Waals surface area contributed by atoms with E-state index < -0.39 is 0 Å². The van der Waals surface area contributed by atoms with Crippen LogP contribution in [0.4, 0.5) is 0 Å². The van der Waals surface area contributed by atoms with Crippen molar-refractivity contribution in [2.24, 2.45) is 0 Å². The van der Waals surface area contributed by atoms with Crippen molar-refractivity contribution in [2.45, 2.75) is 13.0 Å². The fraction of sp³-hybridized carbons (Fsp3) is 0.300. The molecule has 1 aromatic rings. The molecule has 1 rings (SSSR count). The summed E-state index contributed by atoms with van der Waals surface area (Å²) in [5.41, 5.74) is 0.644. The first-order valence-corrected chi connectivity index (χ1v) is 5.58. The zero-order chi connectivity index (χ0) is 10.6. The number of alkyl halides is 1. The molecule has 0 bridgehead atoms. The van der Waals surface area contributed by atoms with Gasteiger partial charge in [-0.3, -0.25) is 4.79 Å². The van der Waals surface area contributed by atoms with E-state index in [-0.39, 0.29) is 11.9 Å². The molecule has 14 heavy (non-hydrogen) atoms. The number of benzene rings is 1. The van der Waals surface area contributed by atoms with E-state index in [0.29, 0.717) is 11.4 Å². The summed E-state index contributed by atoms with van der Waals surface area (Å²) in [6, 6.07) is 7.19. The summed E-state index contributed by atoms with van der Waals surface area (Å²) in [5, 5.41) is 2.78. The van der Waals surface area contributed by atoms with Crippen molar-refractivity contribution in [1.82, 2.24) is 5.32 Å². The van der Waals surface area contributed by atoms with Crippen molar-refractivity contribution in [3.05, 3.63) is 34.3 Å². The van der Waals surface area contributed by atoms with Crippen LogP contribution in [0.1, 0.15) is 17.3 Å². The Bertz CT molecular complexity index is 312. The SMILES string of the molecule is CC(CCl)NC(=O)c1ccc(Br)cc1. The zero-order valence-corrected chi connectivity index (χ0v) is 10.1. The van der Waals surface area contributed by atoms with Gasteiger partial charge < -0.3 is 5.32 Å². The van der Waals surface area contributed by atoms with Gasteiger partial charge in [0.05, 0.1) is 0 Å². The van der Waals surface area contributed by atoms with E-state index in [1.54, 1.807) is 12.1 Å². The molecule has 0 fully saturated rings. The maximum atomic E-state index is 11.5. The molecule has 2 nitrogen and oxygen atoms in total. The van der Waals surface area contributed by atoms with Gasteiger partial charge in [0, 0.05) is 22.0 Å². The van der Waals surface area contributed by atoms with Crippen molar-refractivity contribution in [2.75, 3.05) is 5.88 Å². The second kappa shape index (κ2) is 5.37. The lowest BCUT2D eigenvalue weighted by molar-refractivity contribution is 0.0943. The van der Waals surface area contributed by atoms with Crippen LogP contribution >= 0.6 is 27.5 Å². The number of carbonyl (C=O) groups is 1. The predicted molar refractivity (Wildman–Crippen MR) is 61.8 cm³/mol. The first-order valence-electron chi connectivity index (χ1n) is 4.26. The number of hydrogen-bond acceptors (Lipinski definition) is 1. The number of halogens is 2. The summed E-state index contributed by atoms with van der Waals surface area (Å²) >= 11 is 8.89. The average molecular weight is 277 g/mol. The summed E-state index contributed by atoms with van der Waals surface area (Å²) in [6.07, 6.45) is 0. The van der Waals surface area contributed by atoms with Crippen molar-refractivity contribution >= 4 is 33.4 Å². The molecular weight excluding hydrogens is 265 g/mol. The molecule has 0 aliphatic heterocycles. The molecule has 0 aliphatic carbocycles. The lowest BCUT2D eigenvalue weighted by Gasteiger charge is -2.10. The van der Waals surface area contributed by atoms with Crippen LogP contribution in [0, 0.1) is 0 Å². The van der Waals surface area contributed by atoms with Gasteiger partial charge in [-0.15, -0.1) is 11.6 Å². The van der Waals surface area contributed by atoms with Gasteiger partial charge in [-0.2, -0.15) is 0 Å². The van der Waals surface area contributed by atoms with Crippen molar-refractivity contribution in [3.8, 4) is 0 Å². The van der Waals surface area contributed by atoms with E-state index in [1.165, 1.54) is 0 Å². The Labute approximate surface area is 96.8 Å². The van der Waals surface area contributed by atoms with Gasteiger partial charge in [-0.05, 0) is 31.2 Å². The third-order valence-electron chi connectivity index (χ3n) is 1.72. The second-order valence-corrected chi connectivity index (χ2v) is 4.26. The van der Waals surface area contributed by atoms with Crippen LogP contribution in [-0.4, -0.2) is 17.8 Å². The van der Waals surface area contributed by atoms with Crippen molar-refractivity contribution in [3.63, 3.8) is 0 Å². The monoisotopic (exact) mass is 275 g/mol.